The molecule has 0 amide bonds. The van der Waals surface area contributed by atoms with Crippen molar-refractivity contribution >= 4 is 49.3 Å². The second kappa shape index (κ2) is 8.15. The number of ketones is 1. The summed E-state index contributed by atoms with van der Waals surface area (Å²) in [6.45, 7) is 2.37. The standard InChI is InChI=1S/C16H16BrClFNO6S/c1-9(21)25-13-14(22)16(2,11-5-4-10(19)8-12(11)18)26-15(13)20-27(23,24)7-3-6-17/h4-5,8,20H,3,6-7H2,1-2H3. The highest BCUT2D eigenvalue weighted by Crippen LogP contribution is 2.41. The molecule has 0 radical (unpaired) electrons. The average Bonchev–Trinajstić information content (AvgIpc) is 2.77. The molecule has 1 aliphatic rings. The lowest BCUT2D eigenvalue weighted by atomic mass is 9.91. The molecule has 7 nitrogen and oxygen atoms in total. The van der Waals surface area contributed by atoms with Crippen LogP contribution in [0.1, 0.15) is 25.8 Å². The first-order valence-electron chi connectivity index (χ1n) is 7.68. The minimum Gasteiger partial charge on any atom is -0.456 e. The Morgan fingerprint density at radius 1 is 1.44 bits per heavy atom. The summed E-state index contributed by atoms with van der Waals surface area (Å²) >= 11 is 9.15. The summed E-state index contributed by atoms with van der Waals surface area (Å²) in [6, 6.07) is 3.30. The quantitative estimate of drug-likeness (QED) is 0.472. The number of nitrogens with one attached hydrogen (secondary N) is 1. The molecule has 0 fully saturated rings. The molecule has 1 aromatic carbocycles. The summed E-state index contributed by atoms with van der Waals surface area (Å²) in [5, 5.41) is 0.350. The molecule has 0 bridgehead atoms. The molecule has 27 heavy (non-hydrogen) atoms. The minimum atomic E-state index is -3.87. The van der Waals surface area contributed by atoms with Crippen LogP contribution in [-0.2, 0) is 34.7 Å². The highest BCUT2D eigenvalue weighted by atomic mass is 79.9. The van der Waals surface area contributed by atoms with Crippen LogP contribution in [0.25, 0.3) is 0 Å². The van der Waals surface area contributed by atoms with E-state index in [0.29, 0.717) is 11.8 Å². The van der Waals surface area contributed by atoms with Crippen LogP contribution in [-0.4, -0.2) is 31.3 Å². The van der Waals surface area contributed by atoms with E-state index in [1.54, 1.807) is 0 Å². The van der Waals surface area contributed by atoms with Crippen molar-refractivity contribution in [2.45, 2.75) is 25.9 Å². The van der Waals surface area contributed by atoms with Crippen molar-refractivity contribution < 1.29 is 31.9 Å². The van der Waals surface area contributed by atoms with Crippen LogP contribution >= 0.6 is 27.5 Å². The Bertz CT molecular complexity index is 919. The van der Waals surface area contributed by atoms with Crippen LogP contribution in [0.15, 0.2) is 29.8 Å². The van der Waals surface area contributed by atoms with Crippen molar-refractivity contribution in [2.24, 2.45) is 0 Å². The molecule has 0 saturated heterocycles. The number of esters is 1. The highest BCUT2D eigenvalue weighted by molar-refractivity contribution is 9.09. The molecular formula is C16H16BrClFNO6S. The van der Waals surface area contributed by atoms with Gasteiger partial charge in [-0.1, -0.05) is 33.6 Å². The fourth-order valence-electron chi connectivity index (χ4n) is 2.41. The molecule has 0 spiro atoms. The number of carbonyl (C=O) groups is 2. The molecule has 1 aromatic rings. The second-order valence-corrected chi connectivity index (χ2v) is 8.85. The Balaban J connectivity index is 2.45. The zero-order chi connectivity index (χ0) is 20.4. The minimum absolute atomic E-state index is 0.0925. The number of carbonyl (C=O) groups excluding carboxylic acids is 2. The Kier molecular flexibility index (Phi) is 6.54. The van der Waals surface area contributed by atoms with Crippen molar-refractivity contribution in [3.8, 4) is 0 Å². The number of ether oxygens (including phenoxy) is 2. The van der Waals surface area contributed by atoms with Crippen molar-refractivity contribution in [3.63, 3.8) is 0 Å². The van der Waals surface area contributed by atoms with Gasteiger partial charge in [0.1, 0.15) is 5.82 Å². The number of rotatable bonds is 7. The Morgan fingerprint density at radius 2 is 2.11 bits per heavy atom. The van der Waals surface area contributed by atoms with Gasteiger partial charge in [-0.3, -0.25) is 14.3 Å². The highest BCUT2D eigenvalue weighted by Gasteiger charge is 2.51. The third kappa shape index (κ3) is 4.80. The van der Waals surface area contributed by atoms with Gasteiger partial charge in [-0.05, 0) is 25.5 Å². The summed E-state index contributed by atoms with van der Waals surface area (Å²) in [6.07, 6.45) is 0.306. The molecule has 1 N–H and O–H groups in total. The van der Waals surface area contributed by atoms with Crippen LogP contribution in [0.5, 0.6) is 0 Å². The number of Topliss-reactive ketones (excluding diaryl/α,β-unsaturated/α-hetero) is 1. The van der Waals surface area contributed by atoms with Gasteiger partial charge in [0.05, 0.1) is 10.8 Å². The van der Waals surface area contributed by atoms with E-state index in [9.17, 15) is 22.4 Å². The molecule has 1 unspecified atom stereocenters. The number of alkyl halides is 1. The molecule has 0 aromatic heterocycles. The van der Waals surface area contributed by atoms with Crippen molar-refractivity contribution in [1.82, 2.24) is 4.72 Å². The lowest BCUT2D eigenvalue weighted by Crippen LogP contribution is -2.33. The van der Waals surface area contributed by atoms with Gasteiger partial charge in [0, 0.05) is 17.8 Å². The number of sulfonamides is 1. The molecular weight excluding hydrogens is 469 g/mol. The Hall–Kier alpha value is -1.65. The molecule has 0 aliphatic carbocycles. The topological polar surface area (TPSA) is 98.8 Å². The molecule has 11 heteroatoms. The van der Waals surface area contributed by atoms with Crippen LogP contribution < -0.4 is 4.72 Å². The van der Waals surface area contributed by atoms with Gasteiger partial charge in [0.25, 0.3) is 5.78 Å². The monoisotopic (exact) mass is 483 g/mol. The molecule has 1 atom stereocenters. The lowest BCUT2D eigenvalue weighted by Gasteiger charge is -2.24. The molecule has 1 heterocycles. The van der Waals surface area contributed by atoms with Gasteiger partial charge in [-0.2, -0.15) is 0 Å². The average molecular weight is 485 g/mol. The maximum absolute atomic E-state index is 13.3. The predicted octanol–water partition coefficient (Wildman–Crippen LogP) is 2.73. The van der Waals surface area contributed by atoms with Gasteiger partial charge in [0.2, 0.25) is 27.3 Å². The first-order chi connectivity index (χ1) is 12.5. The van der Waals surface area contributed by atoms with E-state index in [-0.39, 0.29) is 16.3 Å². The summed E-state index contributed by atoms with van der Waals surface area (Å²) < 4.78 is 50.2. The van der Waals surface area contributed by atoms with Crippen molar-refractivity contribution in [3.05, 3.63) is 46.2 Å². The summed E-state index contributed by atoms with van der Waals surface area (Å²) in [5.41, 5.74) is -1.71. The summed E-state index contributed by atoms with van der Waals surface area (Å²) in [4.78, 5) is 24.2. The normalized spacial score (nSPS) is 19.8. The number of hydrogen-bond donors (Lipinski definition) is 1. The SMILES string of the molecule is CC(=O)OC1=C(NS(=O)(=O)CCCBr)OC(C)(c2ccc(F)cc2Cl)C1=O. The third-order valence-electron chi connectivity index (χ3n) is 3.64. The Morgan fingerprint density at radius 3 is 2.67 bits per heavy atom. The van der Waals surface area contributed by atoms with E-state index in [4.69, 9.17) is 21.1 Å². The number of benzene rings is 1. The van der Waals surface area contributed by atoms with E-state index in [1.165, 1.54) is 13.0 Å². The van der Waals surface area contributed by atoms with Gasteiger partial charge >= 0.3 is 5.97 Å². The van der Waals surface area contributed by atoms with Crippen LogP contribution in [0, 0.1) is 5.82 Å². The van der Waals surface area contributed by atoms with E-state index in [1.807, 2.05) is 0 Å². The van der Waals surface area contributed by atoms with E-state index in [0.717, 1.165) is 19.1 Å². The fourth-order valence-corrected chi connectivity index (χ4v) is 4.45. The van der Waals surface area contributed by atoms with Crippen molar-refractivity contribution in [2.75, 3.05) is 11.1 Å². The van der Waals surface area contributed by atoms with Crippen LogP contribution in [0.2, 0.25) is 5.02 Å². The zero-order valence-corrected chi connectivity index (χ0v) is 17.5. The number of hydrogen-bond acceptors (Lipinski definition) is 6. The first kappa shape index (κ1) is 21.6. The lowest BCUT2D eigenvalue weighted by molar-refractivity contribution is -0.142. The van der Waals surface area contributed by atoms with Gasteiger partial charge in [0.15, 0.2) is 0 Å². The zero-order valence-electron chi connectivity index (χ0n) is 14.3. The van der Waals surface area contributed by atoms with Gasteiger partial charge < -0.3 is 9.47 Å². The van der Waals surface area contributed by atoms with E-state index >= 15 is 0 Å². The maximum atomic E-state index is 13.3. The Labute approximate surface area is 169 Å². The largest absolute Gasteiger partial charge is 0.456 e. The molecule has 2 rings (SSSR count). The molecule has 1 aliphatic heterocycles. The molecule has 0 saturated carbocycles. The summed E-state index contributed by atoms with van der Waals surface area (Å²) in [7, 11) is -3.87. The summed E-state index contributed by atoms with van der Waals surface area (Å²) in [5.74, 6) is -3.65. The third-order valence-corrected chi connectivity index (χ3v) is 5.83. The van der Waals surface area contributed by atoms with Crippen molar-refractivity contribution in [1.29, 1.82) is 0 Å². The van der Waals surface area contributed by atoms with Gasteiger partial charge in [-0.25, -0.2) is 12.8 Å². The second-order valence-electron chi connectivity index (χ2n) is 5.80. The number of halogens is 3. The first-order valence-corrected chi connectivity index (χ1v) is 10.8. The predicted molar refractivity (Wildman–Crippen MR) is 99.0 cm³/mol. The van der Waals surface area contributed by atoms with E-state index in [2.05, 4.69) is 20.7 Å². The van der Waals surface area contributed by atoms with E-state index < -0.39 is 44.8 Å². The smallest absolute Gasteiger partial charge is 0.308 e. The van der Waals surface area contributed by atoms with Gasteiger partial charge in [-0.15, -0.1) is 0 Å². The molecule has 148 valence electrons. The van der Waals surface area contributed by atoms with Crippen LogP contribution in [0.4, 0.5) is 4.39 Å². The maximum Gasteiger partial charge on any atom is 0.308 e. The fraction of sp³-hybridized carbons (Fsp3) is 0.375. The van der Waals surface area contributed by atoms with Crippen LogP contribution in [0.3, 0.4) is 0 Å².